The van der Waals surface area contributed by atoms with E-state index in [1.54, 1.807) is 21.1 Å². The van der Waals surface area contributed by atoms with Crippen LogP contribution in [0.25, 0.3) is 10.4 Å². The third-order valence-electron chi connectivity index (χ3n) is 10.1. The number of carbonyl (C=O) groups is 2. The fraction of sp³-hybridized carbons (Fsp3) is 0.935. The van der Waals surface area contributed by atoms with E-state index in [1.807, 2.05) is 6.92 Å². The number of hydrogen-bond acceptors (Lipinski definition) is 14. The van der Waals surface area contributed by atoms with Gasteiger partial charge in [-0.3, -0.25) is 9.59 Å². The molecule has 49 heavy (non-hydrogen) atoms. The Morgan fingerprint density at radius 2 is 1.43 bits per heavy atom. The number of hydrogen-bond donors (Lipinski definition) is 4. The molecule has 2 saturated heterocycles. The number of methoxy groups -OCH3 is 5. The molecule has 18 nitrogen and oxygen atoms in total. The zero-order chi connectivity index (χ0) is 36.5. The molecular weight excluding hydrogens is 650 g/mol. The van der Waals surface area contributed by atoms with Crippen LogP contribution in [-0.4, -0.2) is 157 Å². The van der Waals surface area contributed by atoms with Crippen molar-refractivity contribution in [2.24, 2.45) is 22.4 Å². The lowest BCUT2D eigenvalue weighted by Gasteiger charge is -2.51. The molecule has 0 spiro atoms. The first-order chi connectivity index (χ1) is 23.5. The molecule has 3 rings (SSSR count). The normalized spacial score (nSPS) is 40.8. The van der Waals surface area contributed by atoms with E-state index in [0.717, 1.165) is 0 Å². The second-order valence-corrected chi connectivity index (χ2v) is 12.8. The van der Waals surface area contributed by atoms with Crippen molar-refractivity contribution < 1.29 is 62.4 Å². The van der Waals surface area contributed by atoms with E-state index in [4.69, 9.17) is 42.6 Å². The SMILES string of the molecule is CCC1C(O[C@H]2[C@H](O[C@@H]3C(CO)C(OC)C(NC(C)=O)C(OC)C3NC(C)=O)O[C@@H](C)[C@]2(CO)CN=[N+]=[N-])OC(COC)C(OC)C1OC. The van der Waals surface area contributed by atoms with Gasteiger partial charge in [0.1, 0.15) is 24.4 Å². The number of aliphatic hydroxyl groups excluding tert-OH is 2. The number of rotatable bonds is 17. The fourth-order valence-corrected chi connectivity index (χ4v) is 7.70. The summed E-state index contributed by atoms with van der Waals surface area (Å²) in [5, 5.41) is 31.2. The number of ether oxygens (including phenoxy) is 9. The lowest BCUT2D eigenvalue weighted by Crippen LogP contribution is -2.72. The summed E-state index contributed by atoms with van der Waals surface area (Å²) in [6.45, 7) is 5.27. The quantitative estimate of drug-likeness (QED) is 0.0880. The Morgan fingerprint density at radius 3 is 1.90 bits per heavy atom. The molecule has 2 heterocycles. The van der Waals surface area contributed by atoms with Crippen molar-refractivity contribution in [2.75, 3.05) is 61.9 Å². The van der Waals surface area contributed by atoms with Gasteiger partial charge >= 0.3 is 0 Å². The molecule has 4 N–H and O–H groups in total. The lowest BCUT2D eigenvalue weighted by atomic mass is 9.75. The van der Waals surface area contributed by atoms with Crippen LogP contribution in [0, 0.1) is 17.3 Å². The largest absolute Gasteiger partial charge is 0.396 e. The fourth-order valence-electron chi connectivity index (χ4n) is 7.70. The van der Waals surface area contributed by atoms with Gasteiger partial charge in [0.2, 0.25) is 11.8 Å². The number of nitrogens with one attached hydrogen (secondary N) is 2. The minimum absolute atomic E-state index is 0.168. The Balaban J connectivity index is 2.13. The van der Waals surface area contributed by atoms with Gasteiger partial charge in [-0.25, -0.2) is 0 Å². The highest BCUT2D eigenvalue weighted by Gasteiger charge is 2.61. The van der Waals surface area contributed by atoms with Crippen LogP contribution in [0.1, 0.15) is 34.1 Å². The summed E-state index contributed by atoms with van der Waals surface area (Å²) in [7, 11) is 7.54. The van der Waals surface area contributed by atoms with E-state index in [2.05, 4.69) is 20.7 Å². The third kappa shape index (κ3) is 8.65. The minimum atomic E-state index is -1.32. The van der Waals surface area contributed by atoms with Crippen LogP contribution in [0.3, 0.4) is 0 Å². The van der Waals surface area contributed by atoms with Crippen molar-refractivity contribution >= 4 is 11.8 Å². The number of aliphatic hydroxyl groups is 2. The van der Waals surface area contributed by atoms with Gasteiger partial charge in [-0.05, 0) is 18.9 Å². The zero-order valence-corrected chi connectivity index (χ0v) is 29.8. The summed E-state index contributed by atoms with van der Waals surface area (Å²) < 4.78 is 55.0. The minimum Gasteiger partial charge on any atom is -0.396 e. The van der Waals surface area contributed by atoms with Crippen LogP contribution in [0.15, 0.2) is 5.11 Å². The smallest absolute Gasteiger partial charge is 0.217 e. The van der Waals surface area contributed by atoms with Crippen molar-refractivity contribution in [3.05, 3.63) is 10.4 Å². The summed E-state index contributed by atoms with van der Waals surface area (Å²) in [5.41, 5.74) is 7.99. The molecule has 0 aromatic rings. The van der Waals surface area contributed by atoms with Crippen molar-refractivity contribution in [1.29, 1.82) is 0 Å². The Labute approximate surface area is 287 Å². The van der Waals surface area contributed by atoms with Gasteiger partial charge < -0.3 is 63.5 Å². The molecule has 18 heteroatoms. The molecule has 3 aliphatic rings. The molecule has 0 bridgehead atoms. The molecule has 1 aliphatic carbocycles. The first-order valence-electron chi connectivity index (χ1n) is 16.5. The molecular formula is C31H55N5O13. The average Bonchev–Trinajstić information content (AvgIpc) is 3.32. The Kier molecular flexibility index (Phi) is 15.9. The summed E-state index contributed by atoms with van der Waals surface area (Å²) in [5.74, 6) is -1.97. The van der Waals surface area contributed by atoms with Crippen LogP contribution in [0.2, 0.25) is 0 Å². The van der Waals surface area contributed by atoms with Gasteiger partial charge in [-0.1, -0.05) is 12.0 Å². The van der Waals surface area contributed by atoms with Crippen LogP contribution >= 0.6 is 0 Å². The molecule has 0 aromatic heterocycles. The van der Waals surface area contributed by atoms with E-state index in [1.165, 1.54) is 35.2 Å². The predicted molar refractivity (Wildman–Crippen MR) is 171 cm³/mol. The maximum absolute atomic E-state index is 12.6. The van der Waals surface area contributed by atoms with Crippen LogP contribution in [-0.2, 0) is 52.2 Å². The summed E-state index contributed by atoms with van der Waals surface area (Å²) in [6, 6.07) is -1.71. The van der Waals surface area contributed by atoms with E-state index in [0.29, 0.717) is 6.42 Å². The maximum atomic E-state index is 12.6. The predicted octanol–water partition coefficient (Wildman–Crippen LogP) is -0.120. The highest BCUT2D eigenvalue weighted by Crippen LogP contribution is 2.46. The molecule has 10 unspecified atom stereocenters. The number of azide groups is 1. The second-order valence-electron chi connectivity index (χ2n) is 12.8. The van der Waals surface area contributed by atoms with Crippen molar-refractivity contribution in [3.8, 4) is 0 Å². The summed E-state index contributed by atoms with van der Waals surface area (Å²) in [6.07, 6.45) is -7.83. The second kappa shape index (κ2) is 18.9. The zero-order valence-electron chi connectivity index (χ0n) is 29.8. The highest BCUT2D eigenvalue weighted by atomic mass is 16.8. The number of carbonyl (C=O) groups excluding carboxylic acids is 2. The maximum Gasteiger partial charge on any atom is 0.217 e. The van der Waals surface area contributed by atoms with Gasteiger partial charge in [0, 0.05) is 72.7 Å². The highest BCUT2D eigenvalue weighted by molar-refractivity contribution is 5.74. The van der Waals surface area contributed by atoms with Gasteiger partial charge in [-0.2, -0.15) is 0 Å². The van der Waals surface area contributed by atoms with Crippen LogP contribution < -0.4 is 10.6 Å². The topological polar surface area (TPSA) is 230 Å². The first kappa shape index (κ1) is 41.2. The average molecular weight is 706 g/mol. The Hall–Kier alpha value is -2.19. The lowest BCUT2D eigenvalue weighted by molar-refractivity contribution is -0.329. The molecule has 1 saturated carbocycles. The van der Waals surface area contributed by atoms with Gasteiger partial charge in [0.05, 0.1) is 61.7 Å². The van der Waals surface area contributed by atoms with Crippen LogP contribution in [0.4, 0.5) is 0 Å². The number of nitrogens with zero attached hydrogens (tertiary/aromatic N) is 3. The molecule has 3 fully saturated rings. The monoisotopic (exact) mass is 705 g/mol. The Morgan fingerprint density at radius 1 is 0.837 bits per heavy atom. The van der Waals surface area contributed by atoms with Gasteiger partial charge in [0.15, 0.2) is 12.6 Å². The first-order valence-corrected chi connectivity index (χ1v) is 16.5. The van der Waals surface area contributed by atoms with E-state index >= 15 is 0 Å². The molecule has 2 aliphatic heterocycles. The van der Waals surface area contributed by atoms with Crippen molar-refractivity contribution in [2.45, 2.75) is 108 Å². The van der Waals surface area contributed by atoms with Gasteiger partial charge in [-0.15, -0.1) is 0 Å². The molecule has 0 aromatic carbocycles. The molecule has 0 radical (unpaired) electrons. The number of amides is 2. The Bertz CT molecular complexity index is 1120. The third-order valence-corrected chi connectivity index (χ3v) is 10.1. The van der Waals surface area contributed by atoms with Crippen molar-refractivity contribution in [1.82, 2.24) is 10.6 Å². The standard InChI is InChI=1S/C31H55N5O13/c1-10-18-25(43-7)26(44-8)20(12-41-5)47-29(18)49-28-30(46-15(2)31(28,14-38)13-33-36-32)48-24-19(11-37)23(42-6)21(34-16(3)39)27(45-9)22(24)35-17(4)40/h15,18-30,37-38H,10-14H2,1-9H3,(H,34,39)(H,35,40)/t15-,18?,19?,20?,21?,22?,23?,24+,25?,26?,27?,28-,29?,30-,31+/m0/s1. The van der Waals surface area contributed by atoms with E-state index in [-0.39, 0.29) is 25.0 Å². The summed E-state index contributed by atoms with van der Waals surface area (Å²) >= 11 is 0. The molecule has 15 atom stereocenters. The summed E-state index contributed by atoms with van der Waals surface area (Å²) in [4.78, 5) is 27.7. The van der Waals surface area contributed by atoms with Crippen LogP contribution in [0.5, 0.6) is 0 Å². The van der Waals surface area contributed by atoms with E-state index in [9.17, 15) is 25.3 Å². The molecule has 282 valence electrons. The van der Waals surface area contributed by atoms with Gasteiger partial charge in [0.25, 0.3) is 0 Å². The van der Waals surface area contributed by atoms with E-state index < -0.39 is 104 Å². The van der Waals surface area contributed by atoms with Crippen molar-refractivity contribution in [3.63, 3.8) is 0 Å². The molecule has 2 amide bonds.